The van der Waals surface area contributed by atoms with Crippen molar-refractivity contribution in [3.8, 4) is 0 Å². The molecule has 0 aliphatic heterocycles. The van der Waals surface area contributed by atoms with E-state index in [-0.39, 0.29) is 11.0 Å². The molecule has 5 nitrogen and oxygen atoms in total. The summed E-state index contributed by atoms with van der Waals surface area (Å²) in [5, 5.41) is 5.59. The monoisotopic (exact) mass is 340 g/mol. The standard InChI is InChI=1S/C18H16N2O3S/c1-23-17(22)14-8-10-15(11-9-14)19-18(24)20-16(21)12-7-13-5-3-2-4-6-13/h2-12H,1H3,(H2,19,20,21,24). The van der Waals surface area contributed by atoms with Crippen LogP contribution in [0.4, 0.5) is 5.69 Å². The van der Waals surface area contributed by atoms with Crippen molar-refractivity contribution in [2.75, 3.05) is 12.4 Å². The molecular formula is C18H16N2O3S. The van der Waals surface area contributed by atoms with Crippen molar-refractivity contribution < 1.29 is 14.3 Å². The van der Waals surface area contributed by atoms with Crippen LogP contribution in [0.2, 0.25) is 0 Å². The number of hydrogen-bond acceptors (Lipinski definition) is 4. The molecule has 2 aromatic rings. The van der Waals surface area contributed by atoms with Gasteiger partial charge in [0.1, 0.15) is 0 Å². The molecule has 0 fully saturated rings. The number of esters is 1. The number of nitrogens with one attached hydrogen (secondary N) is 2. The molecule has 2 N–H and O–H groups in total. The van der Waals surface area contributed by atoms with Crippen LogP contribution in [0.5, 0.6) is 0 Å². The number of thiocarbonyl (C=S) groups is 1. The van der Waals surface area contributed by atoms with Gasteiger partial charge in [-0.25, -0.2) is 4.79 Å². The minimum atomic E-state index is -0.413. The lowest BCUT2D eigenvalue weighted by atomic mass is 10.2. The summed E-state index contributed by atoms with van der Waals surface area (Å²) in [4.78, 5) is 23.2. The predicted molar refractivity (Wildman–Crippen MR) is 97.6 cm³/mol. The number of rotatable bonds is 4. The lowest BCUT2D eigenvalue weighted by Gasteiger charge is -2.08. The average Bonchev–Trinajstić information content (AvgIpc) is 2.60. The van der Waals surface area contributed by atoms with Crippen LogP contribution >= 0.6 is 12.2 Å². The first-order chi connectivity index (χ1) is 11.6. The maximum absolute atomic E-state index is 11.8. The van der Waals surface area contributed by atoms with Gasteiger partial charge in [0.2, 0.25) is 5.91 Å². The third-order valence-electron chi connectivity index (χ3n) is 3.03. The Labute approximate surface area is 145 Å². The third kappa shape index (κ3) is 5.33. The van der Waals surface area contributed by atoms with Crippen LogP contribution in [-0.4, -0.2) is 24.1 Å². The van der Waals surface area contributed by atoms with Crippen molar-refractivity contribution in [3.05, 3.63) is 71.8 Å². The Balaban J connectivity index is 1.87. The molecule has 0 atom stereocenters. The highest BCUT2D eigenvalue weighted by Gasteiger charge is 2.05. The third-order valence-corrected chi connectivity index (χ3v) is 3.23. The fourth-order valence-electron chi connectivity index (χ4n) is 1.86. The lowest BCUT2D eigenvalue weighted by molar-refractivity contribution is -0.115. The Morgan fingerprint density at radius 1 is 1.04 bits per heavy atom. The Morgan fingerprint density at radius 3 is 2.33 bits per heavy atom. The first-order valence-corrected chi connectivity index (χ1v) is 7.53. The zero-order valence-corrected chi connectivity index (χ0v) is 13.8. The first kappa shape index (κ1) is 17.4. The van der Waals surface area contributed by atoms with Crippen LogP contribution in [0.15, 0.2) is 60.7 Å². The van der Waals surface area contributed by atoms with Crippen molar-refractivity contribution >= 4 is 41.0 Å². The topological polar surface area (TPSA) is 67.4 Å². The number of methoxy groups -OCH3 is 1. The number of carbonyl (C=O) groups excluding carboxylic acids is 2. The molecule has 24 heavy (non-hydrogen) atoms. The van der Waals surface area contributed by atoms with Gasteiger partial charge in [0, 0.05) is 11.8 Å². The summed E-state index contributed by atoms with van der Waals surface area (Å²) in [5.41, 5.74) is 2.01. The van der Waals surface area contributed by atoms with Gasteiger partial charge in [0.05, 0.1) is 12.7 Å². The van der Waals surface area contributed by atoms with E-state index in [4.69, 9.17) is 12.2 Å². The summed E-state index contributed by atoms with van der Waals surface area (Å²) in [6, 6.07) is 16.0. The maximum Gasteiger partial charge on any atom is 0.337 e. The Hall–Kier alpha value is -2.99. The molecule has 0 aliphatic rings. The van der Waals surface area contributed by atoms with E-state index < -0.39 is 5.97 Å². The van der Waals surface area contributed by atoms with E-state index in [1.54, 1.807) is 30.3 Å². The highest BCUT2D eigenvalue weighted by Crippen LogP contribution is 2.10. The van der Waals surface area contributed by atoms with Crippen molar-refractivity contribution in [2.24, 2.45) is 0 Å². The summed E-state index contributed by atoms with van der Waals surface area (Å²) in [5.74, 6) is -0.744. The largest absolute Gasteiger partial charge is 0.465 e. The number of benzene rings is 2. The second-order valence-corrected chi connectivity index (χ2v) is 5.16. The minimum Gasteiger partial charge on any atom is -0.465 e. The predicted octanol–water partition coefficient (Wildman–Crippen LogP) is 3.00. The number of hydrogen-bond donors (Lipinski definition) is 2. The molecule has 0 aromatic heterocycles. The van der Waals surface area contributed by atoms with E-state index in [9.17, 15) is 9.59 Å². The van der Waals surface area contributed by atoms with Gasteiger partial charge < -0.3 is 10.1 Å². The van der Waals surface area contributed by atoms with Gasteiger partial charge >= 0.3 is 5.97 Å². The number of carbonyl (C=O) groups is 2. The molecule has 0 aliphatic carbocycles. The van der Waals surface area contributed by atoms with Gasteiger partial charge in [0.15, 0.2) is 5.11 Å². The second-order valence-electron chi connectivity index (χ2n) is 4.76. The van der Waals surface area contributed by atoms with Crippen LogP contribution in [0, 0.1) is 0 Å². The molecule has 0 heterocycles. The molecule has 6 heteroatoms. The minimum absolute atomic E-state index is 0.170. The van der Waals surface area contributed by atoms with Gasteiger partial charge in [-0.05, 0) is 48.1 Å². The lowest BCUT2D eigenvalue weighted by Crippen LogP contribution is -2.32. The average molecular weight is 340 g/mol. The molecule has 0 radical (unpaired) electrons. The first-order valence-electron chi connectivity index (χ1n) is 7.12. The summed E-state index contributed by atoms with van der Waals surface area (Å²) in [6.45, 7) is 0. The summed E-state index contributed by atoms with van der Waals surface area (Å²) in [7, 11) is 1.32. The smallest absolute Gasteiger partial charge is 0.337 e. The number of ether oxygens (including phenoxy) is 1. The van der Waals surface area contributed by atoms with E-state index in [0.29, 0.717) is 11.3 Å². The van der Waals surface area contributed by atoms with Crippen LogP contribution in [0.1, 0.15) is 15.9 Å². The zero-order valence-electron chi connectivity index (χ0n) is 13.0. The number of amides is 1. The van der Waals surface area contributed by atoms with Crippen molar-refractivity contribution in [1.82, 2.24) is 5.32 Å². The number of anilines is 1. The van der Waals surface area contributed by atoms with Gasteiger partial charge in [-0.1, -0.05) is 30.3 Å². The summed E-state index contributed by atoms with van der Waals surface area (Å²) >= 11 is 5.08. The van der Waals surface area contributed by atoms with Gasteiger partial charge in [-0.2, -0.15) is 0 Å². The van der Waals surface area contributed by atoms with Gasteiger partial charge in [-0.3, -0.25) is 10.1 Å². The molecule has 0 unspecified atom stereocenters. The molecule has 2 rings (SSSR count). The summed E-state index contributed by atoms with van der Waals surface area (Å²) < 4.78 is 4.62. The molecule has 0 saturated carbocycles. The highest BCUT2D eigenvalue weighted by atomic mass is 32.1. The van der Waals surface area contributed by atoms with Crippen molar-refractivity contribution in [1.29, 1.82) is 0 Å². The molecular weight excluding hydrogens is 324 g/mol. The van der Waals surface area contributed by atoms with Crippen LogP contribution < -0.4 is 10.6 Å². The maximum atomic E-state index is 11.8. The van der Waals surface area contributed by atoms with E-state index in [1.165, 1.54) is 13.2 Å². The molecule has 0 saturated heterocycles. The van der Waals surface area contributed by atoms with Crippen LogP contribution in [0.25, 0.3) is 6.08 Å². The van der Waals surface area contributed by atoms with Crippen molar-refractivity contribution in [3.63, 3.8) is 0 Å². The highest BCUT2D eigenvalue weighted by molar-refractivity contribution is 7.80. The van der Waals surface area contributed by atoms with E-state index in [0.717, 1.165) is 5.56 Å². The van der Waals surface area contributed by atoms with Crippen LogP contribution in [0.3, 0.4) is 0 Å². The summed E-state index contributed by atoms with van der Waals surface area (Å²) in [6.07, 6.45) is 3.10. The molecule has 0 spiro atoms. The van der Waals surface area contributed by atoms with Crippen molar-refractivity contribution in [2.45, 2.75) is 0 Å². The Kier molecular flexibility index (Phi) is 6.22. The molecule has 1 amide bonds. The van der Waals surface area contributed by atoms with E-state index >= 15 is 0 Å². The SMILES string of the molecule is COC(=O)c1ccc(NC(=S)NC(=O)C=Cc2ccccc2)cc1. The van der Waals surface area contributed by atoms with E-state index in [2.05, 4.69) is 15.4 Å². The second kappa shape index (κ2) is 8.59. The Morgan fingerprint density at radius 2 is 1.71 bits per heavy atom. The normalized spacial score (nSPS) is 10.2. The quantitative estimate of drug-likeness (QED) is 0.509. The molecule has 2 aromatic carbocycles. The fraction of sp³-hybridized carbons (Fsp3) is 0.0556. The molecule has 122 valence electrons. The van der Waals surface area contributed by atoms with Gasteiger partial charge in [-0.15, -0.1) is 0 Å². The fourth-order valence-corrected chi connectivity index (χ4v) is 2.08. The van der Waals surface area contributed by atoms with Crippen LogP contribution in [-0.2, 0) is 9.53 Å². The zero-order chi connectivity index (χ0) is 17.4. The Bertz CT molecular complexity index is 756. The van der Waals surface area contributed by atoms with Gasteiger partial charge in [0.25, 0.3) is 0 Å². The molecule has 0 bridgehead atoms. The van der Waals surface area contributed by atoms with E-state index in [1.807, 2.05) is 30.3 Å².